The van der Waals surface area contributed by atoms with E-state index in [1.54, 1.807) is 0 Å². The van der Waals surface area contributed by atoms with E-state index in [2.05, 4.69) is 5.32 Å². The SMILES string of the molecule is NC(=O)NC12CC3CC(CC(F)(C3)C1)C2. The first-order chi connectivity index (χ1) is 6.99. The lowest BCUT2D eigenvalue weighted by Crippen LogP contribution is -2.64. The molecule has 2 atom stereocenters. The van der Waals surface area contributed by atoms with Crippen LogP contribution in [-0.2, 0) is 0 Å². The van der Waals surface area contributed by atoms with Gasteiger partial charge in [0.05, 0.1) is 0 Å². The van der Waals surface area contributed by atoms with Crippen molar-refractivity contribution in [3.05, 3.63) is 0 Å². The van der Waals surface area contributed by atoms with Gasteiger partial charge in [0.1, 0.15) is 5.67 Å². The van der Waals surface area contributed by atoms with Crippen LogP contribution in [0.2, 0.25) is 0 Å². The number of carbonyl (C=O) groups excluding carboxylic acids is 1. The Kier molecular flexibility index (Phi) is 1.67. The molecule has 0 aliphatic heterocycles. The Morgan fingerprint density at radius 2 is 1.87 bits per heavy atom. The Balaban J connectivity index is 1.89. The molecule has 2 unspecified atom stereocenters. The molecule has 3 nitrogen and oxygen atoms in total. The summed E-state index contributed by atoms with van der Waals surface area (Å²) in [5.74, 6) is 0.922. The molecule has 4 rings (SSSR count). The van der Waals surface area contributed by atoms with E-state index in [0.717, 1.165) is 19.3 Å². The molecule has 0 radical (unpaired) electrons. The first-order valence-corrected chi connectivity index (χ1v) is 5.75. The fourth-order valence-corrected chi connectivity index (χ4v) is 4.56. The molecule has 0 aromatic carbocycles. The summed E-state index contributed by atoms with van der Waals surface area (Å²) in [5.41, 5.74) is 3.85. The van der Waals surface area contributed by atoms with Crippen LogP contribution >= 0.6 is 0 Å². The van der Waals surface area contributed by atoms with Crippen molar-refractivity contribution >= 4 is 6.03 Å². The van der Waals surface area contributed by atoms with Crippen LogP contribution in [0.4, 0.5) is 9.18 Å². The van der Waals surface area contributed by atoms with Crippen LogP contribution in [0, 0.1) is 11.8 Å². The van der Waals surface area contributed by atoms with E-state index in [-0.39, 0.29) is 5.54 Å². The summed E-state index contributed by atoms with van der Waals surface area (Å²) in [5, 5.41) is 2.81. The van der Waals surface area contributed by atoms with Gasteiger partial charge in [-0.25, -0.2) is 9.18 Å². The first kappa shape index (κ1) is 9.43. The maximum Gasteiger partial charge on any atom is 0.312 e. The monoisotopic (exact) mass is 212 g/mol. The molecule has 3 N–H and O–H groups in total. The van der Waals surface area contributed by atoms with E-state index in [9.17, 15) is 9.18 Å². The molecule has 2 amide bonds. The number of hydrogen-bond acceptors (Lipinski definition) is 1. The van der Waals surface area contributed by atoms with Crippen molar-refractivity contribution in [3.63, 3.8) is 0 Å². The van der Waals surface area contributed by atoms with Crippen molar-refractivity contribution < 1.29 is 9.18 Å². The number of halogens is 1. The average Bonchev–Trinajstić information content (AvgIpc) is 1.94. The van der Waals surface area contributed by atoms with Crippen LogP contribution in [0.3, 0.4) is 0 Å². The fraction of sp³-hybridized carbons (Fsp3) is 0.909. The summed E-state index contributed by atoms with van der Waals surface area (Å²) < 4.78 is 14.4. The molecule has 4 fully saturated rings. The van der Waals surface area contributed by atoms with Crippen molar-refractivity contribution in [1.29, 1.82) is 0 Å². The molecule has 0 aromatic heterocycles. The zero-order chi connectivity index (χ0) is 10.7. The van der Waals surface area contributed by atoms with Crippen molar-refractivity contribution in [2.75, 3.05) is 0 Å². The molecule has 0 aromatic rings. The van der Waals surface area contributed by atoms with Crippen LogP contribution < -0.4 is 11.1 Å². The highest BCUT2D eigenvalue weighted by Crippen LogP contribution is 2.58. The van der Waals surface area contributed by atoms with E-state index in [1.165, 1.54) is 0 Å². The van der Waals surface area contributed by atoms with Gasteiger partial charge >= 0.3 is 6.03 Å². The smallest absolute Gasteiger partial charge is 0.312 e. The number of hydrogen-bond donors (Lipinski definition) is 2. The average molecular weight is 212 g/mol. The predicted octanol–water partition coefficient (Wildman–Crippen LogP) is 1.72. The Morgan fingerprint density at radius 3 is 2.33 bits per heavy atom. The summed E-state index contributed by atoms with van der Waals surface area (Å²) in [6, 6.07) is -0.499. The number of alkyl halides is 1. The number of nitrogens with two attached hydrogens (primary N) is 1. The second-order valence-corrected chi connectivity index (χ2v) is 5.88. The van der Waals surface area contributed by atoms with Gasteiger partial charge in [-0.3, -0.25) is 0 Å². The van der Waals surface area contributed by atoms with Crippen LogP contribution in [0.5, 0.6) is 0 Å². The standard InChI is InChI=1S/C11H17FN2O/c12-10-2-7-1-8(3-10)5-11(4-7,6-10)14-9(13)15/h7-8H,1-6H2,(H3,13,14,15). The normalized spacial score (nSPS) is 51.8. The maximum atomic E-state index is 14.4. The van der Waals surface area contributed by atoms with Crippen molar-refractivity contribution in [2.24, 2.45) is 17.6 Å². The lowest BCUT2D eigenvalue weighted by atomic mass is 9.52. The topological polar surface area (TPSA) is 55.1 Å². The highest BCUT2D eigenvalue weighted by molar-refractivity contribution is 5.72. The lowest BCUT2D eigenvalue weighted by molar-refractivity contribution is -0.0927. The third-order valence-electron chi connectivity index (χ3n) is 4.38. The molecule has 4 saturated carbocycles. The third-order valence-corrected chi connectivity index (χ3v) is 4.38. The zero-order valence-electron chi connectivity index (χ0n) is 8.76. The number of carbonyl (C=O) groups is 1. The number of primary amides is 1. The van der Waals surface area contributed by atoms with Gasteiger partial charge in [-0.05, 0) is 43.9 Å². The minimum atomic E-state index is -1.02. The summed E-state index contributed by atoms with van der Waals surface area (Å²) >= 11 is 0. The van der Waals surface area contributed by atoms with Crippen molar-refractivity contribution in [2.45, 2.75) is 49.7 Å². The minimum Gasteiger partial charge on any atom is -0.352 e. The number of nitrogens with one attached hydrogen (secondary N) is 1. The minimum absolute atomic E-state index is 0.315. The third kappa shape index (κ3) is 1.42. The molecular weight excluding hydrogens is 195 g/mol. The Bertz CT molecular complexity index is 304. The van der Waals surface area contributed by atoms with Gasteiger partial charge in [-0.1, -0.05) is 0 Å². The van der Waals surface area contributed by atoms with Gasteiger partial charge in [0.2, 0.25) is 0 Å². The first-order valence-electron chi connectivity index (χ1n) is 5.75. The molecule has 15 heavy (non-hydrogen) atoms. The quantitative estimate of drug-likeness (QED) is 0.683. The molecule has 4 bridgehead atoms. The number of urea groups is 1. The number of rotatable bonds is 1. The van der Waals surface area contributed by atoms with Crippen LogP contribution in [0.15, 0.2) is 0 Å². The summed E-state index contributed by atoms with van der Waals surface area (Å²) in [6.45, 7) is 0. The van der Waals surface area contributed by atoms with Crippen LogP contribution in [0.1, 0.15) is 38.5 Å². The largest absolute Gasteiger partial charge is 0.352 e. The molecule has 4 aliphatic carbocycles. The maximum absolute atomic E-state index is 14.4. The number of amides is 2. The van der Waals surface area contributed by atoms with Gasteiger partial charge in [-0.15, -0.1) is 0 Å². The molecule has 4 aliphatic rings. The fourth-order valence-electron chi connectivity index (χ4n) is 4.56. The zero-order valence-corrected chi connectivity index (χ0v) is 8.76. The van der Waals surface area contributed by atoms with Crippen molar-refractivity contribution in [3.8, 4) is 0 Å². The van der Waals surface area contributed by atoms with E-state index >= 15 is 0 Å². The summed E-state index contributed by atoms with van der Waals surface area (Å²) in [4.78, 5) is 11.0. The van der Waals surface area contributed by atoms with E-state index in [1.807, 2.05) is 0 Å². The predicted molar refractivity (Wildman–Crippen MR) is 54.0 cm³/mol. The van der Waals surface area contributed by atoms with E-state index < -0.39 is 11.7 Å². The molecule has 4 heteroatoms. The Morgan fingerprint density at radius 1 is 1.27 bits per heavy atom. The highest BCUT2D eigenvalue weighted by Gasteiger charge is 2.58. The second kappa shape index (κ2) is 2.66. The van der Waals surface area contributed by atoms with E-state index in [0.29, 0.717) is 31.1 Å². The molecular formula is C11H17FN2O. The second-order valence-electron chi connectivity index (χ2n) is 5.88. The van der Waals surface area contributed by atoms with E-state index in [4.69, 9.17) is 5.73 Å². The van der Waals surface area contributed by atoms with Gasteiger partial charge in [-0.2, -0.15) is 0 Å². The molecule has 0 saturated heterocycles. The summed E-state index contributed by atoms with van der Waals surface area (Å²) in [7, 11) is 0. The Hall–Kier alpha value is -0.800. The van der Waals surface area contributed by atoms with Crippen molar-refractivity contribution in [1.82, 2.24) is 5.32 Å². The van der Waals surface area contributed by atoms with Gasteiger partial charge in [0, 0.05) is 12.0 Å². The highest BCUT2D eigenvalue weighted by atomic mass is 19.1. The molecule has 0 spiro atoms. The molecule has 0 heterocycles. The summed E-state index contributed by atoms with van der Waals surface area (Å²) in [6.07, 6.45) is 4.89. The lowest BCUT2D eigenvalue weighted by Gasteiger charge is -2.58. The van der Waals surface area contributed by atoms with Crippen LogP contribution in [-0.4, -0.2) is 17.2 Å². The van der Waals surface area contributed by atoms with Gasteiger partial charge < -0.3 is 11.1 Å². The van der Waals surface area contributed by atoms with Crippen LogP contribution in [0.25, 0.3) is 0 Å². The van der Waals surface area contributed by atoms with Gasteiger partial charge in [0.25, 0.3) is 0 Å². The van der Waals surface area contributed by atoms with Gasteiger partial charge in [0.15, 0.2) is 0 Å². The Labute approximate surface area is 88.6 Å². The molecule has 84 valence electrons.